The number of rotatable bonds is 4. The highest BCUT2D eigenvalue weighted by Gasteiger charge is 2.47. The van der Waals surface area contributed by atoms with E-state index in [4.69, 9.17) is 5.73 Å². The number of piperidine rings is 1. The van der Waals surface area contributed by atoms with Crippen LogP contribution in [0.15, 0.2) is 24.3 Å². The number of hydrogen-bond donors (Lipinski definition) is 2. The third-order valence-electron chi connectivity index (χ3n) is 8.19. The second-order valence-corrected chi connectivity index (χ2v) is 14.4. The topological polar surface area (TPSA) is 66.6 Å². The van der Waals surface area contributed by atoms with Gasteiger partial charge in [0.1, 0.15) is 0 Å². The zero-order valence-corrected chi connectivity index (χ0v) is 19.1. The lowest BCUT2D eigenvalue weighted by Gasteiger charge is -2.40. The van der Waals surface area contributed by atoms with Gasteiger partial charge in [0.15, 0.2) is 8.32 Å². The van der Waals surface area contributed by atoms with E-state index in [1.54, 1.807) is 0 Å². The average molecular weight is 415 g/mol. The molecule has 2 saturated carbocycles. The van der Waals surface area contributed by atoms with Crippen LogP contribution in [0, 0.1) is 17.8 Å². The molecule has 0 radical (unpaired) electrons. The summed E-state index contributed by atoms with van der Waals surface area (Å²) < 4.78 is 0. The van der Waals surface area contributed by atoms with Gasteiger partial charge in [-0.15, -0.1) is 0 Å². The summed E-state index contributed by atoms with van der Waals surface area (Å²) in [6.45, 7) is 6.55. The average Bonchev–Trinajstić information content (AvgIpc) is 3.16. The number of likely N-dealkylation sites (tertiary alicyclic amines) is 1. The fourth-order valence-electron chi connectivity index (χ4n) is 6.35. The molecule has 4 nitrogen and oxygen atoms in total. The molecule has 5 heteroatoms. The van der Waals surface area contributed by atoms with Gasteiger partial charge in [-0.2, -0.15) is 0 Å². The van der Waals surface area contributed by atoms with E-state index in [0.717, 1.165) is 51.6 Å². The second kappa shape index (κ2) is 8.52. The lowest BCUT2D eigenvalue weighted by Crippen LogP contribution is -2.44. The molecule has 0 bridgehead atoms. The molecule has 2 aliphatic carbocycles. The molecule has 3 fully saturated rings. The van der Waals surface area contributed by atoms with Crippen molar-refractivity contribution in [2.24, 2.45) is 23.5 Å². The Morgan fingerprint density at radius 3 is 2.59 bits per heavy atom. The van der Waals surface area contributed by atoms with Gasteiger partial charge in [0.05, 0.1) is 0 Å². The molecule has 0 aromatic heterocycles. The Hall–Kier alpha value is -1.17. The van der Waals surface area contributed by atoms with Gasteiger partial charge in [0, 0.05) is 25.6 Å². The van der Waals surface area contributed by atoms with E-state index >= 15 is 0 Å². The first kappa shape index (κ1) is 21.1. The van der Waals surface area contributed by atoms with E-state index in [2.05, 4.69) is 42.3 Å². The lowest BCUT2D eigenvalue weighted by atomic mass is 9.77. The summed E-state index contributed by atoms with van der Waals surface area (Å²) in [5, 5.41) is 0. The maximum Gasteiger partial charge on any atom is 0.225 e. The van der Waals surface area contributed by atoms with Gasteiger partial charge in [-0.25, -0.2) is 0 Å². The minimum absolute atomic E-state index is 0.238. The molecule has 1 amide bonds. The minimum Gasteiger partial charge on any atom is -0.432 e. The van der Waals surface area contributed by atoms with Gasteiger partial charge in [0.2, 0.25) is 5.91 Å². The number of amides is 1. The second-order valence-electron chi connectivity index (χ2n) is 10.3. The Kier molecular flexibility index (Phi) is 6.19. The van der Waals surface area contributed by atoms with Crippen LogP contribution in [0.1, 0.15) is 62.0 Å². The first-order valence-corrected chi connectivity index (χ1v) is 14.7. The van der Waals surface area contributed by atoms with Gasteiger partial charge in [-0.05, 0) is 86.0 Å². The van der Waals surface area contributed by atoms with Crippen molar-refractivity contribution in [3.05, 3.63) is 35.4 Å². The van der Waals surface area contributed by atoms with Crippen molar-refractivity contribution < 1.29 is 9.59 Å². The van der Waals surface area contributed by atoms with Crippen LogP contribution in [0.4, 0.5) is 0 Å². The summed E-state index contributed by atoms with van der Waals surface area (Å²) in [5.41, 5.74) is 8.91. The molecule has 3 aliphatic rings. The molecule has 1 aromatic rings. The van der Waals surface area contributed by atoms with E-state index in [-0.39, 0.29) is 5.92 Å². The zero-order chi connectivity index (χ0) is 20.6. The van der Waals surface area contributed by atoms with Crippen molar-refractivity contribution in [2.45, 2.75) is 76.0 Å². The molecule has 1 saturated heterocycles. The summed E-state index contributed by atoms with van der Waals surface area (Å²) in [6, 6.07) is 8.66. The normalized spacial score (nSPS) is 31.0. The summed E-state index contributed by atoms with van der Waals surface area (Å²) in [7, 11) is -2.05. The molecule has 0 spiro atoms. The number of carbonyl (C=O) groups excluding carboxylic acids is 1. The lowest BCUT2D eigenvalue weighted by molar-refractivity contribution is -0.138. The van der Waals surface area contributed by atoms with Crippen LogP contribution in [0.3, 0.4) is 0 Å². The van der Waals surface area contributed by atoms with Gasteiger partial charge >= 0.3 is 0 Å². The largest absolute Gasteiger partial charge is 0.432 e. The monoisotopic (exact) mass is 414 g/mol. The standard InChI is InChI=1S/C24H38N2O2Si/c1-29(2,28)21-7-9-22-20(15-21)6-8-23(22)24(27)26-12-10-18(11-13-26)19-5-3-4-17(14-19)16-25/h3-5,14,18,20-23,28H,6-13,15-16,25H2,1-2H3. The third-order valence-corrected chi connectivity index (χ3v) is 10.7. The van der Waals surface area contributed by atoms with Crippen molar-refractivity contribution >= 4 is 14.2 Å². The fourth-order valence-corrected chi connectivity index (χ4v) is 8.10. The molecule has 29 heavy (non-hydrogen) atoms. The number of carbonyl (C=O) groups is 1. The number of nitrogens with zero attached hydrogens (tertiary/aromatic N) is 1. The smallest absolute Gasteiger partial charge is 0.225 e. The van der Waals surface area contributed by atoms with E-state index in [1.807, 2.05) is 0 Å². The first-order valence-electron chi connectivity index (χ1n) is 11.7. The van der Waals surface area contributed by atoms with Crippen LogP contribution in [-0.2, 0) is 11.3 Å². The van der Waals surface area contributed by atoms with Crippen LogP contribution in [0.25, 0.3) is 0 Å². The summed E-state index contributed by atoms with van der Waals surface area (Å²) in [6.07, 6.45) is 7.80. The fraction of sp³-hybridized carbons (Fsp3) is 0.708. The molecule has 3 N–H and O–H groups in total. The number of nitrogens with two attached hydrogens (primary N) is 1. The molecule has 4 rings (SSSR count). The van der Waals surface area contributed by atoms with Crippen molar-refractivity contribution in [2.75, 3.05) is 13.1 Å². The molecule has 1 aromatic carbocycles. The molecule has 4 unspecified atom stereocenters. The summed E-state index contributed by atoms with van der Waals surface area (Å²) in [5.74, 6) is 2.44. The maximum atomic E-state index is 13.3. The van der Waals surface area contributed by atoms with E-state index < -0.39 is 8.32 Å². The Morgan fingerprint density at radius 1 is 1.14 bits per heavy atom. The predicted molar refractivity (Wildman–Crippen MR) is 120 cm³/mol. The van der Waals surface area contributed by atoms with Crippen molar-refractivity contribution in [1.82, 2.24) is 4.90 Å². The Labute approximate surface area is 177 Å². The van der Waals surface area contributed by atoms with Gasteiger partial charge in [0.25, 0.3) is 0 Å². The Bertz CT molecular complexity index is 724. The molecular weight excluding hydrogens is 376 g/mol. The SMILES string of the molecule is C[Si](C)(O)C1CCC2C(CCC2C(=O)N2CCC(c3cccc(CN)c3)CC2)C1. The van der Waals surface area contributed by atoms with Crippen molar-refractivity contribution in [3.8, 4) is 0 Å². The minimum atomic E-state index is -2.05. The van der Waals surface area contributed by atoms with Crippen LogP contribution in [0.2, 0.25) is 18.6 Å². The van der Waals surface area contributed by atoms with Crippen LogP contribution in [-0.4, -0.2) is 37.0 Å². The predicted octanol–water partition coefficient (Wildman–Crippen LogP) is 4.25. The molecular formula is C24H38N2O2Si. The van der Waals surface area contributed by atoms with Crippen molar-refractivity contribution in [1.29, 1.82) is 0 Å². The van der Waals surface area contributed by atoms with E-state index in [9.17, 15) is 9.59 Å². The van der Waals surface area contributed by atoms with Gasteiger partial charge in [-0.3, -0.25) is 4.79 Å². The molecule has 1 heterocycles. The first-order chi connectivity index (χ1) is 13.9. The molecule has 4 atom stereocenters. The summed E-state index contributed by atoms with van der Waals surface area (Å²) >= 11 is 0. The highest BCUT2D eigenvalue weighted by molar-refractivity contribution is 6.71. The highest BCUT2D eigenvalue weighted by atomic mass is 28.4. The highest BCUT2D eigenvalue weighted by Crippen LogP contribution is 2.52. The van der Waals surface area contributed by atoms with E-state index in [0.29, 0.717) is 35.7 Å². The Morgan fingerprint density at radius 2 is 1.90 bits per heavy atom. The maximum absolute atomic E-state index is 13.3. The van der Waals surface area contributed by atoms with Gasteiger partial charge < -0.3 is 15.4 Å². The Balaban J connectivity index is 1.33. The number of fused-ring (bicyclic) bond motifs is 1. The van der Waals surface area contributed by atoms with E-state index in [1.165, 1.54) is 17.5 Å². The van der Waals surface area contributed by atoms with Gasteiger partial charge in [-0.1, -0.05) is 30.7 Å². The zero-order valence-electron chi connectivity index (χ0n) is 18.1. The van der Waals surface area contributed by atoms with Crippen LogP contribution in [0.5, 0.6) is 0 Å². The third kappa shape index (κ3) is 4.47. The molecule has 1 aliphatic heterocycles. The summed E-state index contributed by atoms with van der Waals surface area (Å²) in [4.78, 5) is 26.1. The number of hydrogen-bond acceptors (Lipinski definition) is 3. The molecule has 160 valence electrons. The quantitative estimate of drug-likeness (QED) is 0.724. The van der Waals surface area contributed by atoms with Crippen molar-refractivity contribution in [3.63, 3.8) is 0 Å². The van der Waals surface area contributed by atoms with Crippen LogP contribution < -0.4 is 5.73 Å². The van der Waals surface area contributed by atoms with Crippen LogP contribution >= 0.6 is 0 Å². The number of benzene rings is 1.